The van der Waals surface area contributed by atoms with Crippen molar-refractivity contribution in [2.24, 2.45) is 0 Å². The molecule has 0 aromatic carbocycles. The molecule has 3 heteroatoms. The van der Waals surface area contributed by atoms with Crippen LogP contribution in [0.2, 0.25) is 0 Å². The van der Waals surface area contributed by atoms with Crippen molar-refractivity contribution < 1.29 is 9.53 Å². The summed E-state index contributed by atoms with van der Waals surface area (Å²) in [5.74, 6) is 0.182. The summed E-state index contributed by atoms with van der Waals surface area (Å²) in [5.41, 5.74) is 0. The molecule has 0 aromatic rings. The molecule has 2 atom stereocenters. The minimum atomic E-state index is 0.182. The Labute approximate surface area is 79.8 Å². The van der Waals surface area contributed by atoms with Gasteiger partial charge in [0.15, 0.2) is 0 Å². The van der Waals surface area contributed by atoms with E-state index in [1.54, 1.807) is 0 Å². The predicted octanol–water partition coefficient (Wildman–Crippen LogP) is 1.47. The first kappa shape index (κ1) is 10.5. The van der Waals surface area contributed by atoms with Gasteiger partial charge in [0.2, 0.25) is 5.91 Å². The highest BCUT2D eigenvalue weighted by atomic mass is 16.5. The molecule has 0 radical (unpaired) electrons. The van der Waals surface area contributed by atoms with Crippen molar-refractivity contribution in [3.05, 3.63) is 0 Å². The van der Waals surface area contributed by atoms with Crippen molar-refractivity contribution in [1.29, 1.82) is 0 Å². The molecule has 76 valence electrons. The number of carbonyl (C=O) groups is 1. The number of hydrogen-bond acceptors (Lipinski definition) is 2. The lowest BCUT2D eigenvalue weighted by molar-refractivity contribution is -0.122. The van der Waals surface area contributed by atoms with Gasteiger partial charge >= 0.3 is 0 Å². The second-order valence-electron chi connectivity index (χ2n) is 3.72. The van der Waals surface area contributed by atoms with Gasteiger partial charge < -0.3 is 10.1 Å². The summed E-state index contributed by atoms with van der Waals surface area (Å²) in [6.07, 6.45) is 3.77. The first-order chi connectivity index (χ1) is 6.22. The Hall–Kier alpha value is -0.570. The highest BCUT2D eigenvalue weighted by molar-refractivity contribution is 5.76. The maximum absolute atomic E-state index is 11.3. The van der Waals surface area contributed by atoms with Gasteiger partial charge in [0.1, 0.15) is 0 Å². The van der Waals surface area contributed by atoms with E-state index in [9.17, 15) is 4.79 Å². The highest BCUT2D eigenvalue weighted by Crippen LogP contribution is 2.13. The van der Waals surface area contributed by atoms with Crippen LogP contribution in [0.15, 0.2) is 0 Å². The first-order valence-electron chi connectivity index (χ1n) is 5.13. The summed E-state index contributed by atoms with van der Waals surface area (Å²) in [6, 6.07) is 0.336. The number of carbonyl (C=O) groups excluding carboxylic acids is 1. The van der Waals surface area contributed by atoms with Gasteiger partial charge in [-0.25, -0.2) is 0 Å². The quantitative estimate of drug-likeness (QED) is 0.723. The molecule has 0 saturated carbocycles. The monoisotopic (exact) mass is 185 g/mol. The smallest absolute Gasteiger partial charge is 0.220 e. The zero-order valence-corrected chi connectivity index (χ0v) is 8.51. The molecule has 3 nitrogen and oxygen atoms in total. The van der Waals surface area contributed by atoms with Crippen LogP contribution in [-0.2, 0) is 9.53 Å². The molecule has 2 unspecified atom stereocenters. The van der Waals surface area contributed by atoms with E-state index in [2.05, 4.69) is 12.2 Å². The molecule has 1 rings (SSSR count). The third kappa shape index (κ3) is 3.77. The third-order valence-electron chi connectivity index (χ3n) is 2.33. The SMILES string of the molecule is CCCC(=O)NC1CCOC(C)C1. The Kier molecular flexibility index (Phi) is 4.22. The lowest BCUT2D eigenvalue weighted by atomic mass is 10.0. The van der Waals surface area contributed by atoms with E-state index in [1.807, 2.05) is 6.92 Å². The van der Waals surface area contributed by atoms with Crippen molar-refractivity contribution in [2.75, 3.05) is 6.61 Å². The van der Waals surface area contributed by atoms with Gasteiger partial charge in [-0.2, -0.15) is 0 Å². The van der Waals surface area contributed by atoms with Crippen LogP contribution in [0.4, 0.5) is 0 Å². The summed E-state index contributed by atoms with van der Waals surface area (Å²) in [7, 11) is 0. The lowest BCUT2D eigenvalue weighted by Gasteiger charge is -2.27. The Balaban J connectivity index is 2.23. The first-order valence-corrected chi connectivity index (χ1v) is 5.13. The van der Waals surface area contributed by atoms with E-state index in [-0.39, 0.29) is 5.91 Å². The molecule has 1 aliphatic rings. The van der Waals surface area contributed by atoms with E-state index < -0.39 is 0 Å². The molecule has 1 N–H and O–H groups in total. The van der Waals surface area contributed by atoms with Crippen LogP contribution >= 0.6 is 0 Å². The minimum absolute atomic E-state index is 0.182. The van der Waals surface area contributed by atoms with Gasteiger partial charge in [0.25, 0.3) is 0 Å². The molecule has 13 heavy (non-hydrogen) atoms. The molecular formula is C10H19NO2. The van der Waals surface area contributed by atoms with Crippen molar-refractivity contribution >= 4 is 5.91 Å². The third-order valence-corrected chi connectivity index (χ3v) is 2.33. The fraction of sp³-hybridized carbons (Fsp3) is 0.900. The topological polar surface area (TPSA) is 38.3 Å². The molecule has 0 aliphatic carbocycles. The maximum Gasteiger partial charge on any atom is 0.220 e. The van der Waals surface area contributed by atoms with E-state index in [0.29, 0.717) is 18.6 Å². The van der Waals surface area contributed by atoms with E-state index in [4.69, 9.17) is 4.74 Å². The molecule has 1 heterocycles. The van der Waals surface area contributed by atoms with Crippen LogP contribution in [0.25, 0.3) is 0 Å². The maximum atomic E-state index is 11.3. The minimum Gasteiger partial charge on any atom is -0.378 e. The second-order valence-corrected chi connectivity index (χ2v) is 3.72. The van der Waals surface area contributed by atoms with Crippen molar-refractivity contribution in [3.63, 3.8) is 0 Å². The largest absolute Gasteiger partial charge is 0.378 e. The lowest BCUT2D eigenvalue weighted by Crippen LogP contribution is -2.41. The molecule has 1 fully saturated rings. The molecular weight excluding hydrogens is 166 g/mol. The second kappa shape index (κ2) is 5.22. The fourth-order valence-corrected chi connectivity index (χ4v) is 1.66. The number of nitrogens with one attached hydrogen (secondary N) is 1. The average Bonchev–Trinajstić information content (AvgIpc) is 2.04. The van der Waals surface area contributed by atoms with Gasteiger partial charge in [-0.1, -0.05) is 6.92 Å². The van der Waals surface area contributed by atoms with Crippen LogP contribution in [0.3, 0.4) is 0 Å². The molecule has 0 bridgehead atoms. The van der Waals surface area contributed by atoms with Gasteiger partial charge in [-0.15, -0.1) is 0 Å². The number of amides is 1. The highest BCUT2D eigenvalue weighted by Gasteiger charge is 2.20. The number of hydrogen-bond donors (Lipinski definition) is 1. The summed E-state index contributed by atoms with van der Waals surface area (Å²) < 4.78 is 5.40. The van der Waals surface area contributed by atoms with Crippen molar-refractivity contribution in [1.82, 2.24) is 5.32 Å². The van der Waals surface area contributed by atoms with E-state index in [0.717, 1.165) is 25.9 Å². The normalized spacial score (nSPS) is 28.5. The van der Waals surface area contributed by atoms with E-state index >= 15 is 0 Å². The van der Waals surface area contributed by atoms with Gasteiger partial charge in [-0.3, -0.25) is 4.79 Å². The summed E-state index contributed by atoms with van der Waals surface area (Å²) in [6.45, 7) is 4.85. The van der Waals surface area contributed by atoms with Gasteiger partial charge in [0.05, 0.1) is 6.10 Å². The average molecular weight is 185 g/mol. The predicted molar refractivity (Wildman–Crippen MR) is 51.5 cm³/mol. The molecule has 0 aromatic heterocycles. The Bertz CT molecular complexity index is 170. The van der Waals surface area contributed by atoms with Crippen molar-refractivity contribution in [2.45, 2.75) is 51.7 Å². The van der Waals surface area contributed by atoms with Crippen LogP contribution < -0.4 is 5.32 Å². The Morgan fingerprint density at radius 2 is 2.38 bits per heavy atom. The van der Waals surface area contributed by atoms with Crippen LogP contribution in [-0.4, -0.2) is 24.7 Å². The molecule has 0 spiro atoms. The zero-order valence-electron chi connectivity index (χ0n) is 8.51. The van der Waals surface area contributed by atoms with Crippen molar-refractivity contribution in [3.8, 4) is 0 Å². The van der Waals surface area contributed by atoms with Gasteiger partial charge in [0, 0.05) is 19.1 Å². The number of rotatable bonds is 3. The molecule has 1 aliphatic heterocycles. The summed E-state index contributed by atoms with van der Waals surface area (Å²) in [5, 5.41) is 3.03. The summed E-state index contributed by atoms with van der Waals surface area (Å²) >= 11 is 0. The fourth-order valence-electron chi connectivity index (χ4n) is 1.66. The van der Waals surface area contributed by atoms with Gasteiger partial charge in [-0.05, 0) is 26.2 Å². The molecule has 1 amide bonds. The number of ether oxygens (including phenoxy) is 1. The molecule has 1 saturated heterocycles. The Morgan fingerprint density at radius 3 is 3.00 bits per heavy atom. The Morgan fingerprint density at radius 1 is 1.62 bits per heavy atom. The van der Waals surface area contributed by atoms with Crippen LogP contribution in [0, 0.1) is 0 Å². The van der Waals surface area contributed by atoms with E-state index in [1.165, 1.54) is 0 Å². The van der Waals surface area contributed by atoms with Crippen LogP contribution in [0.5, 0.6) is 0 Å². The van der Waals surface area contributed by atoms with Crippen LogP contribution in [0.1, 0.15) is 39.5 Å². The zero-order chi connectivity index (χ0) is 9.68. The summed E-state index contributed by atoms with van der Waals surface area (Å²) in [4.78, 5) is 11.3. The standard InChI is InChI=1S/C10H19NO2/c1-3-4-10(12)11-9-5-6-13-8(2)7-9/h8-9H,3-7H2,1-2H3,(H,11,12).